The number of benzene rings is 1. The molecule has 1 heterocycles. The van der Waals surface area contributed by atoms with Gasteiger partial charge in [-0.3, -0.25) is 4.98 Å². The molecule has 0 aliphatic rings. The molecule has 0 aliphatic carbocycles. The van der Waals surface area contributed by atoms with Crippen molar-refractivity contribution in [2.75, 3.05) is 23.7 Å². The Labute approximate surface area is 102 Å². The third kappa shape index (κ3) is 2.18. The van der Waals surface area contributed by atoms with Crippen molar-refractivity contribution in [1.82, 2.24) is 4.98 Å². The van der Waals surface area contributed by atoms with Crippen molar-refractivity contribution >= 4 is 22.3 Å². The summed E-state index contributed by atoms with van der Waals surface area (Å²) in [5, 5.41) is 1.14. The van der Waals surface area contributed by atoms with E-state index in [2.05, 4.69) is 29.8 Å². The Morgan fingerprint density at radius 1 is 1.18 bits per heavy atom. The van der Waals surface area contributed by atoms with Crippen molar-refractivity contribution in [3.63, 3.8) is 0 Å². The molecule has 2 N–H and O–H groups in total. The first-order chi connectivity index (χ1) is 8.15. The van der Waals surface area contributed by atoms with Crippen LogP contribution in [0, 0.1) is 6.92 Å². The molecule has 3 nitrogen and oxygen atoms in total. The highest BCUT2D eigenvalue weighted by Crippen LogP contribution is 2.28. The Kier molecular flexibility index (Phi) is 3.18. The van der Waals surface area contributed by atoms with Crippen molar-refractivity contribution in [1.29, 1.82) is 0 Å². The number of nitrogens with two attached hydrogens (primary N) is 1. The van der Waals surface area contributed by atoms with Gasteiger partial charge < -0.3 is 10.6 Å². The molecule has 3 heteroatoms. The Hall–Kier alpha value is -1.77. The van der Waals surface area contributed by atoms with E-state index in [1.54, 1.807) is 0 Å². The molecule has 2 rings (SSSR count). The highest BCUT2D eigenvalue weighted by Gasteiger charge is 2.09. The van der Waals surface area contributed by atoms with Crippen LogP contribution in [0.25, 0.3) is 10.9 Å². The van der Waals surface area contributed by atoms with Gasteiger partial charge in [0.2, 0.25) is 0 Å². The third-order valence-electron chi connectivity index (χ3n) is 3.04. The molecular weight excluding hydrogens is 210 g/mol. The SMILES string of the molecule is CCN(CC)c1cc(C)nc2ccc(N)cc12. The van der Waals surface area contributed by atoms with E-state index in [9.17, 15) is 0 Å². The van der Waals surface area contributed by atoms with Crippen molar-refractivity contribution in [2.45, 2.75) is 20.8 Å². The number of hydrogen-bond acceptors (Lipinski definition) is 3. The van der Waals surface area contributed by atoms with Crippen LogP contribution in [0.4, 0.5) is 11.4 Å². The first-order valence-electron chi connectivity index (χ1n) is 6.07. The Bertz CT molecular complexity index is 530. The van der Waals surface area contributed by atoms with Crippen molar-refractivity contribution in [2.24, 2.45) is 0 Å². The minimum atomic E-state index is 0.788. The highest BCUT2D eigenvalue weighted by atomic mass is 15.1. The predicted octanol–water partition coefficient (Wildman–Crippen LogP) is 2.97. The van der Waals surface area contributed by atoms with E-state index in [0.29, 0.717) is 0 Å². The summed E-state index contributed by atoms with van der Waals surface area (Å²) in [6, 6.07) is 8.04. The minimum Gasteiger partial charge on any atom is -0.399 e. The summed E-state index contributed by atoms with van der Waals surface area (Å²) >= 11 is 0. The summed E-state index contributed by atoms with van der Waals surface area (Å²) < 4.78 is 0. The van der Waals surface area contributed by atoms with Crippen molar-refractivity contribution in [3.8, 4) is 0 Å². The average molecular weight is 229 g/mol. The van der Waals surface area contributed by atoms with Gasteiger partial charge in [-0.2, -0.15) is 0 Å². The maximum absolute atomic E-state index is 5.87. The van der Waals surface area contributed by atoms with Crippen LogP contribution in [0.5, 0.6) is 0 Å². The van der Waals surface area contributed by atoms with Crippen molar-refractivity contribution in [3.05, 3.63) is 30.0 Å². The lowest BCUT2D eigenvalue weighted by Crippen LogP contribution is -2.22. The standard InChI is InChI=1S/C14H19N3/c1-4-17(5-2)14-8-10(3)16-13-7-6-11(15)9-12(13)14/h6-9H,4-5,15H2,1-3H3. The number of hydrogen-bond donors (Lipinski definition) is 1. The van der Waals surface area contributed by atoms with Crippen LogP contribution >= 0.6 is 0 Å². The zero-order valence-corrected chi connectivity index (χ0v) is 10.7. The van der Waals surface area contributed by atoms with Crippen LogP contribution in [0.15, 0.2) is 24.3 Å². The van der Waals surface area contributed by atoms with Crippen LogP contribution in [-0.2, 0) is 0 Å². The zero-order valence-electron chi connectivity index (χ0n) is 10.7. The van der Waals surface area contributed by atoms with E-state index in [4.69, 9.17) is 5.73 Å². The molecule has 0 spiro atoms. The lowest BCUT2D eigenvalue weighted by Gasteiger charge is -2.23. The average Bonchev–Trinajstić information content (AvgIpc) is 2.31. The van der Waals surface area contributed by atoms with Gasteiger partial charge >= 0.3 is 0 Å². The molecule has 0 bridgehead atoms. The molecule has 90 valence electrons. The van der Waals surface area contributed by atoms with E-state index in [-0.39, 0.29) is 0 Å². The normalized spacial score (nSPS) is 10.8. The summed E-state index contributed by atoms with van der Waals surface area (Å²) in [5.41, 5.74) is 9.94. The fourth-order valence-electron chi connectivity index (χ4n) is 2.18. The molecule has 0 saturated carbocycles. The predicted molar refractivity (Wildman–Crippen MR) is 74.5 cm³/mol. The van der Waals surface area contributed by atoms with Crippen LogP contribution in [0.3, 0.4) is 0 Å². The lowest BCUT2D eigenvalue weighted by molar-refractivity contribution is 0.868. The number of aromatic nitrogens is 1. The Balaban J connectivity index is 2.71. The van der Waals surface area contributed by atoms with Gasteiger partial charge in [0.15, 0.2) is 0 Å². The number of fused-ring (bicyclic) bond motifs is 1. The maximum Gasteiger partial charge on any atom is 0.0727 e. The Morgan fingerprint density at radius 2 is 1.88 bits per heavy atom. The zero-order chi connectivity index (χ0) is 12.4. The molecule has 0 unspecified atom stereocenters. The summed E-state index contributed by atoms with van der Waals surface area (Å²) in [6.45, 7) is 8.34. The van der Waals surface area contributed by atoms with E-state index in [0.717, 1.165) is 35.4 Å². The molecule has 0 fully saturated rings. The second-order valence-corrected chi connectivity index (χ2v) is 4.23. The molecule has 0 saturated heterocycles. The van der Waals surface area contributed by atoms with Gasteiger partial charge in [-0.05, 0) is 45.0 Å². The van der Waals surface area contributed by atoms with E-state index >= 15 is 0 Å². The second kappa shape index (κ2) is 4.62. The molecule has 0 amide bonds. The number of anilines is 2. The third-order valence-corrected chi connectivity index (χ3v) is 3.04. The van der Waals surface area contributed by atoms with Crippen LogP contribution < -0.4 is 10.6 Å². The number of rotatable bonds is 3. The smallest absolute Gasteiger partial charge is 0.0727 e. The van der Waals surface area contributed by atoms with Crippen LogP contribution in [-0.4, -0.2) is 18.1 Å². The summed E-state index contributed by atoms with van der Waals surface area (Å²) in [5.74, 6) is 0. The van der Waals surface area contributed by atoms with Crippen molar-refractivity contribution < 1.29 is 0 Å². The molecule has 17 heavy (non-hydrogen) atoms. The van der Waals surface area contributed by atoms with Gasteiger partial charge in [0.25, 0.3) is 0 Å². The molecule has 0 aliphatic heterocycles. The number of aryl methyl sites for hydroxylation is 1. The van der Waals surface area contributed by atoms with E-state index < -0.39 is 0 Å². The molecule has 1 aromatic heterocycles. The van der Waals surface area contributed by atoms with Gasteiger partial charge in [0.05, 0.1) is 5.52 Å². The largest absolute Gasteiger partial charge is 0.399 e. The van der Waals surface area contributed by atoms with Gasteiger partial charge in [0.1, 0.15) is 0 Å². The van der Waals surface area contributed by atoms with Gasteiger partial charge in [-0.15, -0.1) is 0 Å². The number of pyridine rings is 1. The summed E-state index contributed by atoms with van der Waals surface area (Å²) in [6.07, 6.45) is 0. The summed E-state index contributed by atoms with van der Waals surface area (Å²) in [4.78, 5) is 6.88. The van der Waals surface area contributed by atoms with Gasteiger partial charge in [-0.25, -0.2) is 0 Å². The van der Waals surface area contributed by atoms with E-state index in [1.165, 1.54) is 5.69 Å². The first kappa shape index (κ1) is 11.7. The fourth-order valence-corrected chi connectivity index (χ4v) is 2.18. The quantitative estimate of drug-likeness (QED) is 0.823. The first-order valence-corrected chi connectivity index (χ1v) is 6.07. The molecular formula is C14H19N3. The maximum atomic E-state index is 5.87. The number of nitrogens with zero attached hydrogens (tertiary/aromatic N) is 2. The molecule has 0 atom stereocenters. The molecule has 1 aromatic carbocycles. The monoisotopic (exact) mass is 229 g/mol. The summed E-state index contributed by atoms with van der Waals surface area (Å²) in [7, 11) is 0. The topological polar surface area (TPSA) is 42.2 Å². The molecule has 2 aromatic rings. The van der Waals surface area contributed by atoms with E-state index in [1.807, 2.05) is 25.1 Å². The van der Waals surface area contributed by atoms with Crippen LogP contribution in [0.1, 0.15) is 19.5 Å². The number of nitrogen functional groups attached to an aromatic ring is 1. The van der Waals surface area contributed by atoms with Gasteiger partial charge in [-0.1, -0.05) is 0 Å². The Morgan fingerprint density at radius 3 is 2.53 bits per heavy atom. The van der Waals surface area contributed by atoms with Gasteiger partial charge in [0, 0.05) is 35.5 Å². The highest BCUT2D eigenvalue weighted by molar-refractivity contribution is 5.94. The lowest BCUT2D eigenvalue weighted by atomic mass is 10.1. The minimum absolute atomic E-state index is 0.788. The molecule has 0 radical (unpaired) electrons. The second-order valence-electron chi connectivity index (χ2n) is 4.23. The van der Waals surface area contributed by atoms with Crippen LogP contribution in [0.2, 0.25) is 0 Å². The fraction of sp³-hybridized carbons (Fsp3) is 0.357.